The van der Waals surface area contributed by atoms with Crippen LogP contribution in [0.25, 0.3) is 0 Å². The molecule has 1 N–H and O–H groups in total. The summed E-state index contributed by atoms with van der Waals surface area (Å²) in [6, 6.07) is 7.42. The summed E-state index contributed by atoms with van der Waals surface area (Å²) in [5.74, 6) is 0. The lowest BCUT2D eigenvalue weighted by molar-refractivity contribution is 0.483. The third kappa shape index (κ3) is 3.00. The standard InChI is InChI=1S/C6H6O3S.BrH/c7-10(8,9)6-4-2-1-3-5-6;/h1-5H,(H,7,8,9);1H. The van der Waals surface area contributed by atoms with Crippen LogP contribution >= 0.6 is 17.0 Å². The fourth-order valence-corrected chi connectivity index (χ4v) is 1.09. The quantitative estimate of drug-likeness (QED) is 0.755. The summed E-state index contributed by atoms with van der Waals surface area (Å²) in [6.07, 6.45) is 0. The molecule has 0 aliphatic heterocycles. The van der Waals surface area contributed by atoms with Crippen molar-refractivity contribution in [3.63, 3.8) is 0 Å². The van der Waals surface area contributed by atoms with Crippen LogP contribution in [0.4, 0.5) is 0 Å². The van der Waals surface area contributed by atoms with Crippen molar-refractivity contribution >= 4 is 27.1 Å². The number of hydrogen-bond acceptors (Lipinski definition) is 2. The number of benzene rings is 1. The highest BCUT2D eigenvalue weighted by molar-refractivity contribution is 8.93. The summed E-state index contributed by atoms with van der Waals surface area (Å²) >= 11 is 0. The monoisotopic (exact) mass is 238 g/mol. The van der Waals surface area contributed by atoms with Gasteiger partial charge in [-0.15, -0.1) is 17.0 Å². The Labute approximate surface area is 75.6 Å². The van der Waals surface area contributed by atoms with Crippen LogP contribution in [-0.4, -0.2) is 13.0 Å². The Balaban J connectivity index is 0.000001000. The van der Waals surface area contributed by atoms with Crippen LogP contribution in [0.1, 0.15) is 0 Å². The van der Waals surface area contributed by atoms with Gasteiger partial charge in [0.1, 0.15) is 0 Å². The summed E-state index contributed by atoms with van der Waals surface area (Å²) in [7, 11) is -4.00. The second-order valence-corrected chi connectivity index (χ2v) is 3.21. The highest BCUT2D eigenvalue weighted by Crippen LogP contribution is 2.05. The van der Waals surface area contributed by atoms with E-state index in [4.69, 9.17) is 4.55 Å². The van der Waals surface area contributed by atoms with Crippen molar-refractivity contribution in [2.24, 2.45) is 0 Å². The van der Waals surface area contributed by atoms with Crippen LogP contribution < -0.4 is 0 Å². The second-order valence-electron chi connectivity index (χ2n) is 1.79. The van der Waals surface area contributed by atoms with Gasteiger partial charge in [-0.3, -0.25) is 4.55 Å². The van der Waals surface area contributed by atoms with Gasteiger partial charge in [-0.1, -0.05) is 18.2 Å². The molecule has 0 radical (unpaired) electrons. The molecule has 0 aliphatic carbocycles. The van der Waals surface area contributed by atoms with Crippen LogP contribution in [0.2, 0.25) is 0 Å². The molecule has 0 unspecified atom stereocenters. The van der Waals surface area contributed by atoms with Crippen LogP contribution in [-0.2, 0) is 10.1 Å². The van der Waals surface area contributed by atoms with E-state index in [0.717, 1.165) is 0 Å². The topological polar surface area (TPSA) is 54.4 Å². The molecule has 0 amide bonds. The maximum Gasteiger partial charge on any atom is 0.294 e. The molecule has 0 bridgehead atoms. The Hall–Kier alpha value is -0.390. The SMILES string of the molecule is Br.O=S(=O)(O)c1ccccc1. The molecule has 0 saturated carbocycles. The summed E-state index contributed by atoms with van der Waals surface area (Å²) in [5.41, 5.74) is 0. The lowest BCUT2D eigenvalue weighted by atomic mass is 10.4. The van der Waals surface area contributed by atoms with Crippen molar-refractivity contribution in [1.29, 1.82) is 0 Å². The van der Waals surface area contributed by atoms with Gasteiger partial charge < -0.3 is 0 Å². The minimum atomic E-state index is -4.00. The Bertz CT molecular complexity index is 306. The van der Waals surface area contributed by atoms with E-state index in [1.165, 1.54) is 12.1 Å². The molecule has 62 valence electrons. The molecule has 0 spiro atoms. The smallest absolute Gasteiger partial charge is 0.282 e. The molecule has 0 heterocycles. The summed E-state index contributed by atoms with van der Waals surface area (Å²) in [5, 5.41) is 0. The first-order valence-electron chi connectivity index (χ1n) is 2.63. The van der Waals surface area contributed by atoms with Gasteiger partial charge in [0, 0.05) is 0 Å². The van der Waals surface area contributed by atoms with E-state index >= 15 is 0 Å². The molecule has 0 saturated heterocycles. The molecule has 1 aromatic carbocycles. The molecule has 0 aromatic heterocycles. The summed E-state index contributed by atoms with van der Waals surface area (Å²) in [4.78, 5) is -0.0741. The maximum atomic E-state index is 10.4. The summed E-state index contributed by atoms with van der Waals surface area (Å²) < 4.78 is 29.2. The van der Waals surface area contributed by atoms with E-state index < -0.39 is 10.1 Å². The third-order valence-corrected chi connectivity index (χ3v) is 1.91. The van der Waals surface area contributed by atoms with Crippen LogP contribution in [0.5, 0.6) is 0 Å². The first-order chi connectivity index (χ1) is 4.61. The van der Waals surface area contributed by atoms with Gasteiger partial charge in [-0.05, 0) is 12.1 Å². The molecule has 11 heavy (non-hydrogen) atoms. The zero-order valence-corrected chi connectivity index (χ0v) is 8.00. The normalized spacial score (nSPS) is 10.3. The van der Waals surface area contributed by atoms with Crippen LogP contribution in [0, 0.1) is 0 Å². The molecule has 5 heteroatoms. The predicted octanol–water partition coefficient (Wildman–Crippen LogP) is 1.51. The average molecular weight is 239 g/mol. The summed E-state index contributed by atoms with van der Waals surface area (Å²) in [6.45, 7) is 0. The highest BCUT2D eigenvalue weighted by Gasteiger charge is 2.05. The molecule has 1 aromatic rings. The Kier molecular flexibility index (Phi) is 3.71. The van der Waals surface area contributed by atoms with Gasteiger partial charge in [0.2, 0.25) is 0 Å². The lowest BCUT2D eigenvalue weighted by Crippen LogP contribution is -1.96. The van der Waals surface area contributed by atoms with E-state index in [9.17, 15) is 8.42 Å². The largest absolute Gasteiger partial charge is 0.294 e. The van der Waals surface area contributed by atoms with Crippen molar-refractivity contribution in [1.82, 2.24) is 0 Å². The molecule has 0 fully saturated rings. The van der Waals surface area contributed by atoms with Gasteiger partial charge in [-0.25, -0.2) is 0 Å². The highest BCUT2D eigenvalue weighted by atomic mass is 79.9. The predicted molar refractivity (Wildman–Crippen MR) is 46.6 cm³/mol. The van der Waals surface area contributed by atoms with Gasteiger partial charge in [0.15, 0.2) is 0 Å². The fourth-order valence-electron chi connectivity index (χ4n) is 0.592. The van der Waals surface area contributed by atoms with Gasteiger partial charge in [0.05, 0.1) is 4.90 Å². The number of rotatable bonds is 1. The minimum Gasteiger partial charge on any atom is -0.282 e. The molecule has 1 rings (SSSR count). The number of hydrogen-bond donors (Lipinski definition) is 1. The molecule has 3 nitrogen and oxygen atoms in total. The van der Waals surface area contributed by atoms with Crippen molar-refractivity contribution in [3.8, 4) is 0 Å². The van der Waals surface area contributed by atoms with Gasteiger partial charge in [-0.2, -0.15) is 8.42 Å². The van der Waals surface area contributed by atoms with Crippen molar-refractivity contribution in [2.75, 3.05) is 0 Å². The van der Waals surface area contributed by atoms with Crippen LogP contribution in [0.15, 0.2) is 35.2 Å². The third-order valence-electron chi connectivity index (χ3n) is 1.04. The van der Waals surface area contributed by atoms with E-state index in [2.05, 4.69) is 0 Å². The zero-order valence-electron chi connectivity index (χ0n) is 5.47. The van der Waals surface area contributed by atoms with E-state index in [1.807, 2.05) is 0 Å². The van der Waals surface area contributed by atoms with E-state index in [1.54, 1.807) is 18.2 Å². The zero-order chi connectivity index (χ0) is 7.61. The van der Waals surface area contributed by atoms with Crippen molar-refractivity contribution in [2.45, 2.75) is 4.90 Å². The molecular formula is C6H7BrO3S. The lowest BCUT2D eigenvalue weighted by Gasteiger charge is -1.92. The fraction of sp³-hybridized carbons (Fsp3) is 0. The minimum absolute atomic E-state index is 0. The van der Waals surface area contributed by atoms with Gasteiger partial charge >= 0.3 is 0 Å². The Morgan fingerprint density at radius 2 is 1.55 bits per heavy atom. The van der Waals surface area contributed by atoms with Crippen molar-refractivity contribution in [3.05, 3.63) is 30.3 Å². The van der Waals surface area contributed by atoms with Crippen molar-refractivity contribution < 1.29 is 13.0 Å². The Morgan fingerprint density at radius 3 is 1.82 bits per heavy atom. The van der Waals surface area contributed by atoms with Crippen LogP contribution in [0.3, 0.4) is 0 Å². The average Bonchev–Trinajstić information content (AvgIpc) is 1.88. The second kappa shape index (κ2) is 3.85. The Morgan fingerprint density at radius 1 is 1.09 bits per heavy atom. The van der Waals surface area contributed by atoms with E-state index in [0.29, 0.717) is 0 Å². The molecule has 0 atom stereocenters. The molecule has 0 aliphatic rings. The number of halogens is 1. The van der Waals surface area contributed by atoms with E-state index in [-0.39, 0.29) is 21.9 Å². The maximum absolute atomic E-state index is 10.4. The first-order valence-corrected chi connectivity index (χ1v) is 4.07. The van der Waals surface area contributed by atoms with Gasteiger partial charge in [0.25, 0.3) is 10.1 Å². The molecular weight excluding hydrogens is 232 g/mol. The first kappa shape index (κ1) is 10.6.